The van der Waals surface area contributed by atoms with E-state index < -0.39 is 17.7 Å². The van der Waals surface area contributed by atoms with Gasteiger partial charge < -0.3 is 25.0 Å². The summed E-state index contributed by atoms with van der Waals surface area (Å²) in [5.74, 6) is -0.217. The molecule has 32 heavy (non-hydrogen) atoms. The quantitative estimate of drug-likeness (QED) is 0.448. The maximum atomic E-state index is 14.4. The lowest BCUT2D eigenvalue weighted by Crippen LogP contribution is -2.52. The van der Waals surface area contributed by atoms with E-state index >= 15 is 0 Å². The summed E-state index contributed by atoms with van der Waals surface area (Å²) in [5, 5.41) is 13.0. The van der Waals surface area contributed by atoms with Crippen molar-refractivity contribution in [2.24, 2.45) is 0 Å². The predicted molar refractivity (Wildman–Crippen MR) is 112 cm³/mol. The van der Waals surface area contributed by atoms with Crippen LogP contribution in [0, 0.1) is 18.6 Å². The van der Waals surface area contributed by atoms with E-state index in [4.69, 9.17) is 9.47 Å². The Morgan fingerprint density at radius 1 is 1.19 bits per heavy atom. The summed E-state index contributed by atoms with van der Waals surface area (Å²) in [5.41, 5.74) is 0.847. The Hall–Kier alpha value is -3.45. The number of nitrogens with zero attached hydrogens (tertiary/aromatic N) is 6. The van der Waals surface area contributed by atoms with Crippen LogP contribution in [0.3, 0.4) is 0 Å². The molecule has 0 aromatic carbocycles. The molecular weight excluding hydrogens is 424 g/mol. The molecule has 0 spiro atoms. The van der Waals surface area contributed by atoms with Crippen molar-refractivity contribution >= 4 is 23.7 Å². The fourth-order valence-corrected chi connectivity index (χ4v) is 3.17. The average molecular weight is 447 g/mol. The lowest BCUT2D eigenvalue weighted by Gasteiger charge is -2.38. The van der Waals surface area contributed by atoms with Crippen LogP contribution in [0.2, 0.25) is 0 Å². The Bertz CT molecular complexity index is 1070. The Kier molecular flexibility index (Phi) is 6.37. The third-order valence-corrected chi connectivity index (χ3v) is 4.84. The number of rotatable bonds is 9. The Balaban J connectivity index is 1.63. The van der Waals surface area contributed by atoms with Gasteiger partial charge in [-0.1, -0.05) is 0 Å². The minimum absolute atomic E-state index is 0.0176. The number of methoxy groups -OCH3 is 2. The van der Waals surface area contributed by atoms with Gasteiger partial charge in [-0.05, 0) is 6.92 Å². The molecule has 4 heterocycles. The standard InChI is InChI=1S/C19H23F2N9O2/c1-10-4-15(29-28-10)24-18-25-17(26-19(27-18)30-7-12(8-30)32-3)23-14(9-31-2)16-13(21)5-11(20)6-22-16/h4-6,12,14H,7-9H2,1-3H3,(H3,23,24,25,26,27,28,29). The molecule has 3 aromatic rings. The number of aryl methyl sites for hydroxylation is 1. The minimum Gasteiger partial charge on any atom is -0.382 e. The summed E-state index contributed by atoms with van der Waals surface area (Å²) in [6.07, 6.45) is 1.03. The van der Waals surface area contributed by atoms with Crippen molar-refractivity contribution in [3.8, 4) is 0 Å². The maximum Gasteiger partial charge on any atom is 0.235 e. The smallest absolute Gasteiger partial charge is 0.235 e. The van der Waals surface area contributed by atoms with E-state index in [1.807, 2.05) is 11.8 Å². The topological polar surface area (TPSA) is 126 Å². The van der Waals surface area contributed by atoms with Crippen molar-refractivity contribution in [1.82, 2.24) is 30.1 Å². The Morgan fingerprint density at radius 3 is 2.62 bits per heavy atom. The predicted octanol–water partition coefficient (Wildman–Crippen LogP) is 1.95. The van der Waals surface area contributed by atoms with Gasteiger partial charge in [0.05, 0.1) is 24.9 Å². The number of hydrogen-bond acceptors (Lipinski definition) is 10. The molecule has 4 rings (SSSR count). The molecule has 1 fully saturated rings. The molecule has 1 aliphatic rings. The Labute approximate surface area is 182 Å². The number of H-pyrrole nitrogens is 1. The number of anilines is 4. The molecule has 0 saturated carbocycles. The van der Waals surface area contributed by atoms with Crippen molar-refractivity contribution in [3.05, 3.63) is 41.4 Å². The molecular formula is C19H23F2N9O2. The number of pyridine rings is 1. The Morgan fingerprint density at radius 2 is 1.97 bits per heavy atom. The molecule has 170 valence electrons. The van der Waals surface area contributed by atoms with Crippen molar-refractivity contribution in [1.29, 1.82) is 0 Å². The van der Waals surface area contributed by atoms with Gasteiger partial charge >= 0.3 is 0 Å². The van der Waals surface area contributed by atoms with E-state index in [0.717, 1.165) is 18.0 Å². The first-order chi connectivity index (χ1) is 15.4. The van der Waals surface area contributed by atoms with Crippen LogP contribution in [-0.4, -0.2) is 70.2 Å². The summed E-state index contributed by atoms with van der Waals surface area (Å²) in [6.45, 7) is 3.16. The van der Waals surface area contributed by atoms with E-state index in [9.17, 15) is 8.78 Å². The van der Waals surface area contributed by atoms with Crippen LogP contribution in [-0.2, 0) is 9.47 Å². The zero-order valence-corrected chi connectivity index (χ0v) is 17.8. The van der Waals surface area contributed by atoms with Gasteiger partial charge in [0.2, 0.25) is 17.8 Å². The van der Waals surface area contributed by atoms with Gasteiger partial charge in [-0.25, -0.2) is 8.78 Å². The second kappa shape index (κ2) is 9.36. The lowest BCUT2D eigenvalue weighted by molar-refractivity contribution is 0.0778. The molecule has 0 aliphatic carbocycles. The molecule has 0 bridgehead atoms. The number of nitrogens with one attached hydrogen (secondary N) is 3. The first-order valence-electron chi connectivity index (χ1n) is 9.84. The zero-order valence-electron chi connectivity index (χ0n) is 17.8. The first kappa shape index (κ1) is 21.8. The van der Waals surface area contributed by atoms with Gasteiger partial charge in [0, 0.05) is 45.1 Å². The second-order valence-corrected chi connectivity index (χ2v) is 7.28. The van der Waals surface area contributed by atoms with Crippen LogP contribution in [0.25, 0.3) is 0 Å². The van der Waals surface area contributed by atoms with Crippen LogP contribution in [0.1, 0.15) is 17.4 Å². The van der Waals surface area contributed by atoms with E-state index in [0.29, 0.717) is 24.9 Å². The summed E-state index contributed by atoms with van der Waals surface area (Å²) in [7, 11) is 3.11. The minimum atomic E-state index is -0.801. The van der Waals surface area contributed by atoms with Crippen molar-refractivity contribution in [3.63, 3.8) is 0 Å². The van der Waals surface area contributed by atoms with Crippen molar-refractivity contribution < 1.29 is 18.3 Å². The first-order valence-corrected chi connectivity index (χ1v) is 9.84. The third kappa shape index (κ3) is 4.89. The molecule has 11 nitrogen and oxygen atoms in total. The highest BCUT2D eigenvalue weighted by atomic mass is 19.1. The van der Waals surface area contributed by atoms with Gasteiger partial charge in [0.15, 0.2) is 5.82 Å². The van der Waals surface area contributed by atoms with Crippen LogP contribution >= 0.6 is 0 Å². The summed E-state index contributed by atoms with van der Waals surface area (Å²) in [4.78, 5) is 19.1. The molecule has 0 amide bonds. The third-order valence-electron chi connectivity index (χ3n) is 4.84. The molecule has 0 radical (unpaired) electrons. The van der Waals surface area contributed by atoms with Gasteiger partial charge in [-0.15, -0.1) is 0 Å². The molecule has 1 atom stereocenters. The number of aromatic nitrogens is 6. The maximum absolute atomic E-state index is 14.4. The molecule has 13 heteroatoms. The SMILES string of the molecule is COCC(Nc1nc(Nc2cc(C)[nH]n2)nc(N2CC(OC)C2)n1)c1ncc(F)cc1F. The molecule has 1 aliphatic heterocycles. The lowest BCUT2D eigenvalue weighted by atomic mass is 10.2. The van der Waals surface area contributed by atoms with Crippen LogP contribution in [0.5, 0.6) is 0 Å². The number of aromatic amines is 1. The zero-order chi connectivity index (χ0) is 22.7. The van der Waals surface area contributed by atoms with E-state index in [2.05, 4.69) is 40.8 Å². The highest BCUT2D eigenvalue weighted by Crippen LogP contribution is 2.25. The van der Waals surface area contributed by atoms with E-state index in [-0.39, 0.29) is 30.3 Å². The molecule has 1 saturated heterocycles. The number of hydrogen-bond donors (Lipinski definition) is 3. The number of halogens is 2. The van der Waals surface area contributed by atoms with Gasteiger partial charge in [0.25, 0.3) is 0 Å². The van der Waals surface area contributed by atoms with Crippen molar-refractivity contribution in [2.75, 3.05) is 49.4 Å². The van der Waals surface area contributed by atoms with Gasteiger partial charge in [-0.3, -0.25) is 10.1 Å². The normalized spacial score (nSPS) is 14.8. The van der Waals surface area contributed by atoms with E-state index in [1.165, 1.54) is 7.11 Å². The summed E-state index contributed by atoms with van der Waals surface area (Å²) in [6, 6.07) is 1.80. The highest BCUT2D eigenvalue weighted by Gasteiger charge is 2.30. The average Bonchev–Trinajstić information content (AvgIpc) is 3.11. The van der Waals surface area contributed by atoms with Crippen molar-refractivity contribution in [2.45, 2.75) is 19.1 Å². The highest BCUT2D eigenvalue weighted by molar-refractivity contribution is 5.53. The van der Waals surface area contributed by atoms with Crippen LogP contribution < -0.4 is 15.5 Å². The van der Waals surface area contributed by atoms with Gasteiger partial charge in [0.1, 0.15) is 17.3 Å². The van der Waals surface area contributed by atoms with Gasteiger partial charge in [-0.2, -0.15) is 20.1 Å². The summed E-state index contributed by atoms with van der Waals surface area (Å²) < 4.78 is 38.2. The molecule has 3 N–H and O–H groups in total. The van der Waals surface area contributed by atoms with E-state index in [1.54, 1.807) is 13.2 Å². The number of ether oxygens (including phenoxy) is 2. The molecule has 3 aromatic heterocycles. The molecule has 1 unspecified atom stereocenters. The monoisotopic (exact) mass is 447 g/mol. The largest absolute Gasteiger partial charge is 0.382 e. The van der Waals surface area contributed by atoms with Crippen LogP contribution in [0.15, 0.2) is 18.3 Å². The van der Waals surface area contributed by atoms with Crippen LogP contribution in [0.4, 0.5) is 32.4 Å². The fourth-order valence-electron chi connectivity index (χ4n) is 3.17. The fraction of sp³-hybridized carbons (Fsp3) is 0.421. The summed E-state index contributed by atoms with van der Waals surface area (Å²) >= 11 is 0. The second-order valence-electron chi connectivity index (χ2n) is 7.28.